The van der Waals surface area contributed by atoms with Crippen LogP contribution < -0.4 is 4.90 Å². The van der Waals surface area contributed by atoms with E-state index >= 15 is 0 Å². The molecule has 0 radical (unpaired) electrons. The van der Waals surface area contributed by atoms with Crippen LogP contribution >= 0.6 is 11.6 Å². The van der Waals surface area contributed by atoms with Gasteiger partial charge in [0.2, 0.25) is 0 Å². The monoisotopic (exact) mass is 339 g/mol. The summed E-state index contributed by atoms with van der Waals surface area (Å²) >= 11 is 6.17. The zero-order valence-electron chi connectivity index (χ0n) is 13.5. The van der Waals surface area contributed by atoms with Gasteiger partial charge in [-0.3, -0.25) is 9.59 Å². The van der Waals surface area contributed by atoms with Gasteiger partial charge < -0.3 is 0 Å². The number of imide groups is 1. The highest BCUT2D eigenvalue weighted by molar-refractivity contribution is 6.60. The first-order chi connectivity index (χ1) is 11.6. The second kappa shape index (κ2) is 7.02. The number of carbonyl (C=O) groups is 2. The molecule has 122 valence electrons. The molecule has 3 rings (SSSR count). The zero-order valence-corrected chi connectivity index (χ0v) is 14.2. The maximum Gasteiger partial charge on any atom is 0.277 e. The third-order valence-corrected chi connectivity index (χ3v) is 4.45. The molecule has 0 bridgehead atoms. The van der Waals surface area contributed by atoms with Gasteiger partial charge in [0.25, 0.3) is 11.8 Å². The van der Waals surface area contributed by atoms with Gasteiger partial charge in [0.1, 0.15) is 5.03 Å². The van der Waals surface area contributed by atoms with E-state index in [4.69, 9.17) is 11.6 Å². The second-order valence-electron chi connectivity index (χ2n) is 5.77. The van der Waals surface area contributed by atoms with E-state index in [9.17, 15) is 9.59 Å². The average molecular weight is 340 g/mol. The van der Waals surface area contributed by atoms with Crippen molar-refractivity contribution in [1.29, 1.82) is 0 Å². The van der Waals surface area contributed by atoms with E-state index < -0.39 is 5.91 Å². The predicted molar refractivity (Wildman–Crippen MR) is 96.8 cm³/mol. The fraction of sp³-hybridized carbons (Fsp3) is 0.200. The lowest BCUT2D eigenvalue weighted by molar-refractivity contribution is -0.119. The minimum atomic E-state index is -0.471. The summed E-state index contributed by atoms with van der Waals surface area (Å²) in [5, 5.41) is -0.0266. The normalized spacial score (nSPS) is 14.7. The van der Waals surface area contributed by atoms with Crippen LogP contribution in [0.2, 0.25) is 0 Å². The average Bonchev–Trinajstić information content (AvgIpc) is 2.84. The van der Waals surface area contributed by atoms with E-state index in [0.29, 0.717) is 11.3 Å². The van der Waals surface area contributed by atoms with Crippen molar-refractivity contribution in [3.05, 3.63) is 70.8 Å². The molecular formula is C20H18ClNO2. The lowest BCUT2D eigenvalue weighted by Crippen LogP contribution is -2.31. The van der Waals surface area contributed by atoms with Crippen molar-refractivity contribution < 1.29 is 9.59 Å². The smallest absolute Gasteiger partial charge is 0.268 e. The molecule has 2 amide bonds. The van der Waals surface area contributed by atoms with Crippen LogP contribution in [0.15, 0.2) is 59.6 Å². The maximum absolute atomic E-state index is 12.7. The van der Waals surface area contributed by atoms with Crippen molar-refractivity contribution in [3.63, 3.8) is 0 Å². The minimum absolute atomic E-state index is 0.0266. The van der Waals surface area contributed by atoms with E-state index in [1.165, 1.54) is 5.56 Å². The van der Waals surface area contributed by atoms with Crippen molar-refractivity contribution in [2.75, 3.05) is 4.90 Å². The summed E-state index contributed by atoms with van der Waals surface area (Å²) in [4.78, 5) is 26.4. The summed E-state index contributed by atoms with van der Waals surface area (Å²) in [5.41, 5.74) is 2.66. The van der Waals surface area contributed by atoms with Crippen molar-refractivity contribution >= 4 is 34.7 Å². The molecule has 0 unspecified atom stereocenters. The van der Waals surface area contributed by atoms with Crippen LogP contribution in [0, 0.1) is 0 Å². The fourth-order valence-electron chi connectivity index (χ4n) is 2.79. The molecule has 0 aromatic heterocycles. The first kappa shape index (κ1) is 16.5. The van der Waals surface area contributed by atoms with Crippen LogP contribution in [-0.2, 0) is 16.0 Å². The van der Waals surface area contributed by atoms with Gasteiger partial charge in [0, 0.05) is 0 Å². The highest BCUT2D eigenvalue weighted by Gasteiger charge is 2.39. The Morgan fingerprint density at radius 2 is 1.58 bits per heavy atom. The maximum atomic E-state index is 12.7. The Morgan fingerprint density at radius 3 is 2.21 bits per heavy atom. The highest BCUT2D eigenvalue weighted by Crippen LogP contribution is 2.34. The summed E-state index contributed by atoms with van der Waals surface area (Å²) in [6.07, 6.45) is 3.24. The molecule has 2 aromatic carbocycles. The third-order valence-electron chi connectivity index (χ3n) is 4.10. The van der Waals surface area contributed by atoms with Crippen LogP contribution in [0.1, 0.15) is 30.9 Å². The molecule has 0 saturated carbocycles. The van der Waals surface area contributed by atoms with Crippen LogP contribution in [0.4, 0.5) is 5.69 Å². The SMILES string of the molecule is CCCCc1ccc(N2C(=O)C(Cl)=C(c3ccccc3)C2=O)cc1. The first-order valence-corrected chi connectivity index (χ1v) is 8.44. The van der Waals surface area contributed by atoms with Gasteiger partial charge in [0.15, 0.2) is 0 Å². The highest BCUT2D eigenvalue weighted by atomic mass is 35.5. The van der Waals surface area contributed by atoms with E-state index in [1.807, 2.05) is 30.3 Å². The summed E-state index contributed by atoms with van der Waals surface area (Å²) < 4.78 is 0. The summed E-state index contributed by atoms with van der Waals surface area (Å²) in [6, 6.07) is 16.6. The Bertz CT molecular complexity index is 794. The number of halogens is 1. The van der Waals surface area contributed by atoms with Crippen LogP contribution in [0.25, 0.3) is 5.57 Å². The Morgan fingerprint density at radius 1 is 0.917 bits per heavy atom. The largest absolute Gasteiger partial charge is 0.277 e. The van der Waals surface area contributed by atoms with E-state index in [-0.39, 0.29) is 16.5 Å². The summed E-state index contributed by atoms with van der Waals surface area (Å²) in [6.45, 7) is 2.15. The predicted octanol–water partition coefficient (Wildman–Crippen LogP) is 4.55. The lowest BCUT2D eigenvalue weighted by atomic mass is 10.1. The molecule has 1 heterocycles. The molecular weight excluding hydrogens is 322 g/mol. The number of aryl methyl sites for hydroxylation is 1. The van der Waals surface area contributed by atoms with E-state index in [0.717, 1.165) is 24.2 Å². The lowest BCUT2D eigenvalue weighted by Gasteiger charge is -2.15. The molecule has 0 N–H and O–H groups in total. The molecule has 2 aromatic rings. The van der Waals surface area contributed by atoms with Crippen molar-refractivity contribution in [2.24, 2.45) is 0 Å². The molecule has 0 aliphatic carbocycles. The van der Waals surface area contributed by atoms with Crippen molar-refractivity contribution in [3.8, 4) is 0 Å². The van der Waals surface area contributed by atoms with Gasteiger partial charge in [-0.2, -0.15) is 0 Å². The summed E-state index contributed by atoms with van der Waals surface area (Å²) in [5.74, 6) is -0.848. The Labute approximate surface area is 146 Å². The topological polar surface area (TPSA) is 37.4 Å². The second-order valence-corrected chi connectivity index (χ2v) is 6.15. The fourth-order valence-corrected chi connectivity index (χ4v) is 3.06. The molecule has 3 nitrogen and oxygen atoms in total. The van der Waals surface area contributed by atoms with Crippen LogP contribution in [-0.4, -0.2) is 11.8 Å². The Hall–Kier alpha value is -2.39. The number of rotatable bonds is 5. The standard InChI is InChI=1S/C20H18ClNO2/c1-2-3-7-14-10-12-16(13-11-14)22-19(23)17(18(21)20(22)24)15-8-5-4-6-9-15/h4-6,8-13H,2-3,7H2,1H3. The van der Waals surface area contributed by atoms with E-state index in [2.05, 4.69) is 6.92 Å². The van der Waals surface area contributed by atoms with E-state index in [1.54, 1.807) is 24.3 Å². The molecule has 24 heavy (non-hydrogen) atoms. The van der Waals surface area contributed by atoms with Gasteiger partial charge >= 0.3 is 0 Å². The number of nitrogens with zero attached hydrogens (tertiary/aromatic N) is 1. The van der Waals surface area contributed by atoms with Gasteiger partial charge in [-0.15, -0.1) is 0 Å². The number of benzene rings is 2. The van der Waals surface area contributed by atoms with Crippen molar-refractivity contribution in [1.82, 2.24) is 0 Å². The van der Waals surface area contributed by atoms with Gasteiger partial charge in [-0.1, -0.05) is 67.4 Å². The molecule has 4 heteroatoms. The van der Waals surface area contributed by atoms with Crippen LogP contribution in [0.3, 0.4) is 0 Å². The Balaban J connectivity index is 1.89. The molecule has 0 atom stereocenters. The van der Waals surface area contributed by atoms with Gasteiger partial charge in [-0.25, -0.2) is 4.90 Å². The zero-order chi connectivity index (χ0) is 17.1. The van der Waals surface area contributed by atoms with Gasteiger partial charge in [-0.05, 0) is 36.1 Å². The molecule has 1 aliphatic heterocycles. The number of anilines is 1. The molecule has 0 saturated heterocycles. The number of unbranched alkanes of at least 4 members (excludes halogenated alkanes) is 1. The van der Waals surface area contributed by atoms with Crippen LogP contribution in [0.5, 0.6) is 0 Å². The first-order valence-electron chi connectivity index (χ1n) is 8.06. The number of carbonyl (C=O) groups excluding carboxylic acids is 2. The third kappa shape index (κ3) is 3.00. The minimum Gasteiger partial charge on any atom is -0.268 e. The number of hydrogen-bond acceptors (Lipinski definition) is 2. The molecule has 1 aliphatic rings. The number of hydrogen-bond donors (Lipinski definition) is 0. The molecule has 0 spiro atoms. The van der Waals surface area contributed by atoms with Gasteiger partial charge in [0.05, 0.1) is 11.3 Å². The quantitative estimate of drug-likeness (QED) is 0.749. The summed E-state index contributed by atoms with van der Waals surface area (Å²) in [7, 11) is 0. The number of amides is 2. The Kier molecular flexibility index (Phi) is 4.81. The van der Waals surface area contributed by atoms with Crippen molar-refractivity contribution in [2.45, 2.75) is 26.2 Å². The molecule has 0 fully saturated rings.